The van der Waals surface area contributed by atoms with E-state index in [9.17, 15) is 0 Å². The molecule has 1 saturated heterocycles. The lowest BCUT2D eigenvalue weighted by Gasteiger charge is -2.22. The number of aromatic nitrogens is 3. The molecule has 0 amide bonds. The Morgan fingerprint density at radius 2 is 2.40 bits per heavy atom. The van der Waals surface area contributed by atoms with Gasteiger partial charge in [0.25, 0.3) is 0 Å². The zero-order valence-electron chi connectivity index (χ0n) is 8.53. The number of nitrogens with two attached hydrogens (primary N) is 1. The van der Waals surface area contributed by atoms with Gasteiger partial charge in [-0.25, -0.2) is 4.68 Å². The Balaban J connectivity index is 1.84. The summed E-state index contributed by atoms with van der Waals surface area (Å²) >= 11 is 3.31. The number of hydrogen-bond donors (Lipinski definition) is 1. The van der Waals surface area contributed by atoms with Crippen molar-refractivity contribution in [2.45, 2.75) is 38.3 Å². The maximum absolute atomic E-state index is 5.64. The van der Waals surface area contributed by atoms with Gasteiger partial charge in [-0.15, -0.1) is 5.10 Å². The number of rotatable bonds is 3. The number of aryl methyl sites for hydroxylation is 1. The van der Waals surface area contributed by atoms with E-state index < -0.39 is 0 Å². The summed E-state index contributed by atoms with van der Waals surface area (Å²) in [6.45, 7) is 1.70. The molecule has 0 saturated carbocycles. The van der Waals surface area contributed by atoms with Crippen molar-refractivity contribution in [3.63, 3.8) is 0 Å². The molecule has 5 nitrogen and oxygen atoms in total. The second-order valence-corrected chi connectivity index (χ2v) is 4.45. The van der Waals surface area contributed by atoms with Crippen molar-refractivity contribution < 1.29 is 4.74 Å². The van der Waals surface area contributed by atoms with Crippen LogP contribution >= 0.6 is 15.9 Å². The van der Waals surface area contributed by atoms with Crippen LogP contribution in [0.1, 0.15) is 25.7 Å². The highest BCUT2D eigenvalue weighted by atomic mass is 79.9. The third-order valence-electron chi connectivity index (χ3n) is 2.58. The molecule has 1 aromatic rings. The van der Waals surface area contributed by atoms with E-state index >= 15 is 0 Å². The summed E-state index contributed by atoms with van der Waals surface area (Å²) in [6, 6.07) is 0. The molecular weight excluding hydrogens is 260 g/mol. The first kappa shape index (κ1) is 10.9. The van der Waals surface area contributed by atoms with Crippen LogP contribution < -0.4 is 5.73 Å². The van der Waals surface area contributed by atoms with Crippen molar-refractivity contribution in [1.82, 2.24) is 14.8 Å². The van der Waals surface area contributed by atoms with E-state index in [2.05, 4.69) is 26.0 Å². The lowest BCUT2D eigenvalue weighted by molar-refractivity contribution is 0.00817. The van der Waals surface area contributed by atoms with E-state index in [1.807, 2.05) is 0 Å². The Bertz CT molecular complexity index is 322. The molecule has 0 radical (unpaired) electrons. The Labute approximate surface area is 97.1 Å². The number of halogens is 1. The van der Waals surface area contributed by atoms with Gasteiger partial charge < -0.3 is 10.5 Å². The van der Waals surface area contributed by atoms with Crippen LogP contribution in [-0.2, 0) is 11.3 Å². The molecule has 0 spiro atoms. The molecule has 15 heavy (non-hydrogen) atoms. The predicted molar refractivity (Wildman–Crippen MR) is 60.3 cm³/mol. The first-order valence-electron chi connectivity index (χ1n) is 5.23. The fourth-order valence-electron chi connectivity index (χ4n) is 1.78. The monoisotopic (exact) mass is 274 g/mol. The highest BCUT2D eigenvalue weighted by molar-refractivity contribution is 9.10. The molecule has 0 aliphatic carbocycles. The second kappa shape index (κ2) is 4.94. The summed E-state index contributed by atoms with van der Waals surface area (Å²) in [5.74, 6) is 0.312. The van der Waals surface area contributed by atoms with Crippen LogP contribution in [0.25, 0.3) is 0 Å². The van der Waals surface area contributed by atoms with Crippen molar-refractivity contribution >= 4 is 21.9 Å². The summed E-state index contributed by atoms with van der Waals surface area (Å²) < 4.78 is 8.10. The van der Waals surface area contributed by atoms with Crippen LogP contribution in [0.2, 0.25) is 0 Å². The van der Waals surface area contributed by atoms with Crippen molar-refractivity contribution in [2.75, 3.05) is 12.3 Å². The summed E-state index contributed by atoms with van der Waals surface area (Å²) in [7, 11) is 0. The van der Waals surface area contributed by atoms with Gasteiger partial charge in [0.2, 0.25) is 5.95 Å². The molecule has 1 fully saturated rings. The fourth-order valence-corrected chi connectivity index (χ4v) is 2.22. The second-order valence-electron chi connectivity index (χ2n) is 3.74. The van der Waals surface area contributed by atoms with E-state index in [4.69, 9.17) is 10.5 Å². The van der Waals surface area contributed by atoms with Gasteiger partial charge in [-0.2, -0.15) is 4.98 Å². The standard InChI is InChI=1S/C9H15BrN4O/c10-8-12-9(11)13-14(8)5-4-7-3-1-2-6-15-7/h7H,1-6H2,(H2,11,13). The predicted octanol–water partition coefficient (Wildman–Crippen LogP) is 1.58. The van der Waals surface area contributed by atoms with E-state index in [-0.39, 0.29) is 0 Å². The van der Waals surface area contributed by atoms with Crippen LogP contribution in [0.4, 0.5) is 5.95 Å². The SMILES string of the molecule is Nc1nc(Br)n(CCC2CCCCO2)n1. The van der Waals surface area contributed by atoms with Gasteiger partial charge in [0.05, 0.1) is 6.10 Å². The quantitative estimate of drug-likeness (QED) is 0.909. The van der Waals surface area contributed by atoms with Crippen LogP contribution in [0.5, 0.6) is 0 Å². The highest BCUT2D eigenvalue weighted by Crippen LogP contribution is 2.17. The minimum Gasteiger partial charge on any atom is -0.378 e. The van der Waals surface area contributed by atoms with Crippen molar-refractivity contribution in [3.8, 4) is 0 Å². The Morgan fingerprint density at radius 3 is 3.00 bits per heavy atom. The van der Waals surface area contributed by atoms with Gasteiger partial charge in [-0.3, -0.25) is 0 Å². The molecular formula is C9H15BrN4O. The number of hydrogen-bond acceptors (Lipinski definition) is 4. The number of nitrogens with zero attached hydrogens (tertiary/aromatic N) is 3. The third kappa shape index (κ3) is 2.92. The average Bonchev–Trinajstić information content (AvgIpc) is 2.56. The average molecular weight is 275 g/mol. The third-order valence-corrected chi connectivity index (χ3v) is 3.17. The van der Waals surface area contributed by atoms with Crippen molar-refractivity contribution in [3.05, 3.63) is 4.73 Å². The smallest absolute Gasteiger partial charge is 0.240 e. The highest BCUT2D eigenvalue weighted by Gasteiger charge is 2.14. The fraction of sp³-hybridized carbons (Fsp3) is 0.778. The Morgan fingerprint density at radius 1 is 1.53 bits per heavy atom. The van der Waals surface area contributed by atoms with Gasteiger partial charge in [0.15, 0.2) is 4.73 Å². The molecule has 2 N–H and O–H groups in total. The lowest BCUT2D eigenvalue weighted by atomic mass is 10.1. The maximum atomic E-state index is 5.64. The molecule has 1 unspecified atom stereocenters. The van der Waals surface area contributed by atoms with E-state index in [0.29, 0.717) is 16.8 Å². The summed E-state index contributed by atoms with van der Waals surface area (Å²) in [5.41, 5.74) is 5.48. The normalized spacial score (nSPS) is 21.8. The first-order chi connectivity index (χ1) is 7.25. The molecule has 2 heterocycles. The summed E-state index contributed by atoms with van der Waals surface area (Å²) in [4.78, 5) is 3.98. The van der Waals surface area contributed by atoms with E-state index in [0.717, 1.165) is 26.0 Å². The van der Waals surface area contributed by atoms with Crippen molar-refractivity contribution in [1.29, 1.82) is 0 Å². The van der Waals surface area contributed by atoms with Crippen LogP contribution in [0, 0.1) is 0 Å². The van der Waals surface area contributed by atoms with Crippen molar-refractivity contribution in [2.24, 2.45) is 0 Å². The molecule has 0 aromatic carbocycles. The molecule has 0 bridgehead atoms. The zero-order chi connectivity index (χ0) is 10.7. The topological polar surface area (TPSA) is 66.0 Å². The number of nitrogen functional groups attached to an aromatic ring is 1. The van der Waals surface area contributed by atoms with Gasteiger partial charge >= 0.3 is 0 Å². The molecule has 6 heteroatoms. The molecule has 1 aliphatic rings. The van der Waals surface area contributed by atoms with Gasteiger partial charge in [-0.05, 0) is 41.6 Å². The molecule has 1 aliphatic heterocycles. The maximum Gasteiger partial charge on any atom is 0.240 e. The minimum atomic E-state index is 0.312. The molecule has 1 atom stereocenters. The van der Waals surface area contributed by atoms with Crippen LogP contribution in [-0.4, -0.2) is 27.5 Å². The van der Waals surface area contributed by atoms with Gasteiger partial charge in [0.1, 0.15) is 0 Å². The number of anilines is 1. The first-order valence-corrected chi connectivity index (χ1v) is 6.02. The summed E-state index contributed by atoms with van der Waals surface area (Å²) in [5, 5.41) is 4.08. The van der Waals surface area contributed by atoms with Gasteiger partial charge in [-0.1, -0.05) is 0 Å². The van der Waals surface area contributed by atoms with E-state index in [1.54, 1.807) is 4.68 Å². The number of ether oxygens (including phenoxy) is 1. The lowest BCUT2D eigenvalue weighted by Crippen LogP contribution is -2.21. The minimum absolute atomic E-state index is 0.312. The largest absolute Gasteiger partial charge is 0.378 e. The van der Waals surface area contributed by atoms with Gasteiger partial charge in [0, 0.05) is 13.2 Å². The summed E-state index contributed by atoms with van der Waals surface area (Å²) in [6.07, 6.45) is 4.96. The Hall–Kier alpha value is -0.620. The molecule has 1 aromatic heterocycles. The van der Waals surface area contributed by atoms with E-state index in [1.165, 1.54) is 12.8 Å². The zero-order valence-corrected chi connectivity index (χ0v) is 10.1. The molecule has 84 valence electrons. The van der Waals surface area contributed by atoms with Crippen LogP contribution in [0.3, 0.4) is 0 Å². The molecule has 2 rings (SSSR count). The Kier molecular flexibility index (Phi) is 3.58. The van der Waals surface area contributed by atoms with Crippen LogP contribution in [0.15, 0.2) is 4.73 Å².